The molecule has 1 N–H and O–H groups in total. The Morgan fingerprint density at radius 1 is 1.41 bits per heavy atom. The lowest BCUT2D eigenvalue weighted by Gasteiger charge is -2.20. The van der Waals surface area contributed by atoms with Crippen molar-refractivity contribution in [2.24, 2.45) is 0 Å². The lowest BCUT2D eigenvalue weighted by Crippen LogP contribution is -2.25. The molecule has 0 fully saturated rings. The van der Waals surface area contributed by atoms with E-state index in [0.717, 1.165) is 30.8 Å². The van der Waals surface area contributed by atoms with Gasteiger partial charge in [0.25, 0.3) is 0 Å². The van der Waals surface area contributed by atoms with Crippen LogP contribution in [-0.4, -0.2) is 23.1 Å². The van der Waals surface area contributed by atoms with Gasteiger partial charge >= 0.3 is 5.97 Å². The zero-order chi connectivity index (χ0) is 12.5. The van der Waals surface area contributed by atoms with Crippen molar-refractivity contribution in [3.05, 3.63) is 23.5 Å². The maximum absolute atomic E-state index is 11.8. The van der Waals surface area contributed by atoms with Crippen LogP contribution in [0.15, 0.2) is 12.1 Å². The van der Waals surface area contributed by atoms with Crippen molar-refractivity contribution in [2.75, 3.05) is 11.9 Å². The highest BCUT2D eigenvalue weighted by Gasteiger charge is 2.20. The molecule has 0 unspecified atom stereocenters. The minimum absolute atomic E-state index is 0.356. The average Bonchev–Trinajstić information content (AvgIpc) is 2.26. The number of hydrogen-bond acceptors (Lipinski definition) is 4. The van der Waals surface area contributed by atoms with Crippen LogP contribution < -0.4 is 5.32 Å². The zero-order valence-corrected chi connectivity index (χ0v) is 10.5. The molecule has 1 aliphatic heterocycles. The molecule has 2 rings (SSSR count). The molecule has 0 aliphatic carbocycles. The number of pyridine rings is 1. The number of aromatic nitrogens is 1. The number of rotatable bonds is 1. The lowest BCUT2D eigenvalue weighted by molar-refractivity contribution is 0.00626. The van der Waals surface area contributed by atoms with Gasteiger partial charge in [-0.15, -0.1) is 0 Å². The van der Waals surface area contributed by atoms with Crippen LogP contribution in [0.1, 0.15) is 43.4 Å². The van der Waals surface area contributed by atoms with Crippen molar-refractivity contribution in [1.82, 2.24) is 4.98 Å². The molecule has 0 atom stereocenters. The molecule has 1 aliphatic rings. The molecule has 0 bridgehead atoms. The van der Waals surface area contributed by atoms with Gasteiger partial charge in [0, 0.05) is 6.54 Å². The number of anilines is 1. The second-order valence-electron chi connectivity index (χ2n) is 5.22. The van der Waals surface area contributed by atoms with Gasteiger partial charge in [-0.3, -0.25) is 0 Å². The van der Waals surface area contributed by atoms with E-state index < -0.39 is 5.60 Å². The predicted molar refractivity (Wildman–Crippen MR) is 66.2 cm³/mol. The van der Waals surface area contributed by atoms with Crippen molar-refractivity contribution in [2.45, 2.75) is 39.2 Å². The molecule has 0 spiro atoms. The molecule has 92 valence electrons. The predicted octanol–water partition coefficient (Wildman–Crippen LogP) is 2.39. The van der Waals surface area contributed by atoms with E-state index in [2.05, 4.69) is 10.3 Å². The van der Waals surface area contributed by atoms with Crippen LogP contribution in [0.2, 0.25) is 0 Å². The summed E-state index contributed by atoms with van der Waals surface area (Å²) in [6.45, 7) is 6.53. The van der Waals surface area contributed by atoms with E-state index in [4.69, 9.17) is 4.74 Å². The lowest BCUT2D eigenvalue weighted by atomic mass is 10.1. The monoisotopic (exact) mass is 234 g/mol. The zero-order valence-electron chi connectivity index (χ0n) is 10.5. The summed E-state index contributed by atoms with van der Waals surface area (Å²) in [6.07, 6.45) is 1.97. The second kappa shape index (κ2) is 4.35. The summed E-state index contributed by atoms with van der Waals surface area (Å²) in [5.41, 5.74) is 1.90. The van der Waals surface area contributed by atoms with Gasteiger partial charge in [-0.05, 0) is 45.7 Å². The van der Waals surface area contributed by atoms with Crippen LogP contribution in [0, 0.1) is 0 Å². The minimum Gasteiger partial charge on any atom is -0.455 e. The van der Waals surface area contributed by atoms with Crippen LogP contribution in [0.4, 0.5) is 5.69 Å². The van der Waals surface area contributed by atoms with Crippen molar-refractivity contribution >= 4 is 11.7 Å². The molecule has 2 heterocycles. The Morgan fingerprint density at radius 2 is 2.18 bits per heavy atom. The highest BCUT2D eigenvalue weighted by atomic mass is 16.6. The molecule has 4 nitrogen and oxygen atoms in total. The Morgan fingerprint density at radius 3 is 2.88 bits per heavy atom. The number of aryl methyl sites for hydroxylation is 1. The first-order chi connectivity index (χ1) is 7.96. The second-order valence-corrected chi connectivity index (χ2v) is 5.22. The van der Waals surface area contributed by atoms with E-state index in [-0.39, 0.29) is 5.97 Å². The summed E-state index contributed by atoms with van der Waals surface area (Å²) in [5.74, 6) is -0.356. The summed E-state index contributed by atoms with van der Waals surface area (Å²) in [6, 6.07) is 3.62. The highest BCUT2D eigenvalue weighted by molar-refractivity contribution is 5.88. The van der Waals surface area contributed by atoms with Crippen molar-refractivity contribution < 1.29 is 9.53 Å². The Balaban J connectivity index is 2.19. The highest BCUT2D eigenvalue weighted by Crippen LogP contribution is 2.21. The van der Waals surface area contributed by atoms with E-state index >= 15 is 0 Å². The van der Waals surface area contributed by atoms with Crippen molar-refractivity contribution in [1.29, 1.82) is 0 Å². The third-order valence-electron chi connectivity index (χ3n) is 2.49. The molecule has 0 radical (unpaired) electrons. The molecule has 0 saturated carbocycles. The minimum atomic E-state index is -0.479. The number of fused-ring (bicyclic) bond motifs is 1. The Bertz CT molecular complexity index is 436. The summed E-state index contributed by atoms with van der Waals surface area (Å²) in [5, 5.41) is 3.26. The first kappa shape index (κ1) is 11.9. The van der Waals surface area contributed by atoms with E-state index in [1.54, 1.807) is 6.07 Å². The van der Waals surface area contributed by atoms with Gasteiger partial charge in [0.15, 0.2) is 0 Å². The SMILES string of the molecule is CC(C)(C)OC(=O)c1ccc2c(n1)CCCN2. The van der Waals surface area contributed by atoms with Gasteiger partial charge in [0.1, 0.15) is 11.3 Å². The van der Waals surface area contributed by atoms with Crippen molar-refractivity contribution in [3.63, 3.8) is 0 Å². The Labute approximate surface area is 101 Å². The number of carbonyl (C=O) groups is 1. The van der Waals surface area contributed by atoms with Gasteiger partial charge in [0.05, 0.1) is 11.4 Å². The molecule has 1 aromatic rings. The van der Waals surface area contributed by atoms with Gasteiger partial charge in [-0.25, -0.2) is 9.78 Å². The number of carbonyl (C=O) groups excluding carboxylic acids is 1. The number of esters is 1. The molecule has 0 amide bonds. The summed E-state index contributed by atoms with van der Waals surface area (Å²) in [4.78, 5) is 16.2. The van der Waals surface area contributed by atoms with Crippen LogP contribution in [0.25, 0.3) is 0 Å². The third-order valence-corrected chi connectivity index (χ3v) is 2.49. The van der Waals surface area contributed by atoms with Gasteiger partial charge in [0.2, 0.25) is 0 Å². The van der Waals surface area contributed by atoms with Crippen LogP contribution >= 0.6 is 0 Å². The smallest absolute Gasteiger partial charge is 0.357 e. The first-order valence-corrected chi connectivity index (χ1v) is 5.93. The largest absolute Gasteiger partial charge is 0.455 e. The van der Waals surface area contributed by atoms with Crippen LogP contribution in [0.5, 0.6) is 0 Å². The summed E-state index contributed by atoms with van der Waals surface area (Å²) in [7, 11) is 0. The maximum Gasteiger partial charge on any atom is 0.357 e. The fourth-order valence-corrected chi connectivity index (χ4v) is 1.78. The molecule has 0 saturated heterocycles. The average molecular weight is 234 g/mol. The normalized spacial score (nSPS) is 14.8. The Kier molecular flexibility index (Phi) is 3.05. The molecule has 4 heteroatoms. The number of nitrogens with zero attached hydrogens (tertiary/aromatic N) is 1. The van der Waals surface area contributed by atoms with Crippen LogP contribution in [-0.2, 0) is 11.2 Å². The quantitative estimate of drug-likeness (QED) is 0.758. The van der Waals surface area contributed by atoms with Crippen LogP contribution in [0.3, 0.4) is 0 Å². The van der Waals surface area contributed by atoms with Gasteiger partial charge in [-0.2, -0.15) is 0 Å². The maximum atomic E-state index is 11.8. The fourth-order valence-electron chi connectivity index (χ4n) is 1.78. The fraction of sp³-hybridized carbons (Fsp3) is 0.538. The van der Waals surface area contributed by atoms with Gasteiger partial charge in [-0.1, -0.05) is 0 Å². The topological polar surface area (TPSA) is 51.2 Å². The molecule has 1 aromatic heterocycles. The number of ether oxygens (including phenoxy) is 1. The summed E-state index contributed by atoms with van der Waals surface area (Å²) >= 11 is 0. The van der Waals surface area contributed by atoms with E-state index in [1.807, 2.05) is 26.8 Å². The number of nitrogens with one attached hydrogen (secondary N) is 1. The number of hydrogen-bond donors (Lipinski definition) is 1. The molecular formula is C13H18N2O2. The third kappa shape index (κ3) is 2.96. The standard InChI is InChI=1S/C13H18N2O2/c1-13(2,3)17-12(16)11-7-6-9-10(15-11)5-4-8-14-9/h6-7,14H,4-5,8H2,1-3H3. The van der Waals surface area contributed by atoms with Gasteiger partial charge < -0.3 is 10.1 Å². The molecular weight excluding hydrogens is 216 g/mol. The first-order valence-electron chi connectivity index (χ1n) is 5.93. The van der Waals surface area contributed by atoms with E-state index in [1.165, 1.54) is 0 Å². The van der Waals surface area contributed by atoms with E-state index in [9.17, 15) is 4.79 Å². The molecule has 0 aromatic carbocycles. The van der Waals surface area contributed by atoms with Crippen molar-refractivity contribution in [3.8, 4) is 0 Å². The Hall–Kier alpha value is -1.58. The molecule has 17 heavy (non-hydrogen) atoms. The van der Waals surface area contributed by atoms with E-state index in [0.29, 0.717) is 5.69 Å². The summed E-state index contributed by atoms with van der Waals surface area (Å²) < 4.78 is 5.29.